The van der Waals surface area contributed by atoms with Gasteiger partial charge in [0.25, 0.3) is 0 Å². The summed E-state index contributed by atoms with van der Waals surface area (Å²) in [4.78, 5) is 23.0. The lowest BCUT2D eigenvalue weighted by Crippen LogP contribution is -2.24. The molecule has 5 nitrogen and oxygen atoms in total. The van der Waals surface area contributed by atoms with Crippen molar-refractivity contribution in [3.05, 3.63) is 74.9 Å². The maximum Gasteiger partial charge on any atom is 0.339 e. The highest BCUT2D eigenvalue weighted by molar-refractivity contribution is 5.85. The molecule has 140 valence electrons. The van der Waals surface area contributed by atoms with Crippen LogP contribution in [0.15, 0.2) is 45.6 Å². The van der Waals surface area contributed by atoms with Crippen molar-refractivity contribution in [2.24, 2.45) is 0 Å². The molecule has 27 heavy (non-hydrogen) atoms. The Morgan fingerprint density at radius 2 is 1.89 bits per heavy atom. The van der Waals surface area contributed by atoms with Gasteiger partial charge in [-0.05, 0) is 50.5 Å². The molecule has 1 aromatic heterocycles. The van der Waals surface area contributed by atoms with Gasteiger partial charge in [0.15, 0.2) is 0 Å². The molecule has 0 fully saturated rings. The smallest absolute Gasteiger partial charge is 0.339 e. The second-order valence-corrected chi connectivity index (χ2v) is 6.31. The summed E-state index contributed by atoms with van der Waals surface area (Å²) in [6, 6.07) is 9.82. The van der Waals surface area contributed by atoms with E-state index in [0.29, 0.717) is 39.0 Å². The van der Waals surface area contributed by atoms with E-state index in [4.69, 9.17) is 9.15 Å². The van der Waals surface area contributed by atoms with Crippen LogP contribution in [0.3, 0.4) is 0 Å². The number of fused-ring (bicyclic) bond motifs is 1. The summed E-state index contributed by atoms with van der Waals surface area (Å²) >= 11 is 0. The van der Waals surface area contributed by atoms with Crippen LogP contribution in [0.2, 0.25) is 0 Å². The van der Waals surface area contributed by atoms with E-state index < -0.39 is 11.6 Å². The van der Waals surface area contributed by atoms with Crippen LogP contribution in [0.1, 0.15) is 28.7 Å². The number of halogens is 1. The first-order valence-electron chi connectivity index (χ1n) is 8.50. The number of carbonyl (C=O) groups is 1. The highest BCUT2D eigenvalue weighted by atomic mass is 19.1. The number of rotatable bonds is 6. The van der Waals surface area contributed by atoms with Crippen molar-refractivity contribution >= 4 is 16.9 Å². The molecule has 6 heteroatoms. The van der Waals surface area contributed by atoms with Gasteiger partial charge in [0.1, 0.15) is 23.8 Å². The lowest BCUT2D eigenvalue weighted by atomic mass is 10.0. The van der Waals surface area contributed by atoms with Crippen LogP contribution in [0.5, 0.6) is 5.75 Å². The van der Waals surface area contributed by atoms with Crippen molar-refractivity contribution in [3.63, 3.8) is 0 Å². The zero-order valence-electron chi connectivity index (χ0n) is 15.0. The highest BCUT2D eigenvalue weighted by Crippen LogP contribution is 2.30. The average Bonchev–Trinajstić information content (AvgIpc) is 2.62. The average molecular weight is 369 g/mol. The van der Waals surface area contributed by atoms with Crippen molar-refractivity contribution in [1.29, 1.82) is 0 Å². The minimum Gasteiger partial charge on any atom is -0.550 e. The molecule has 0 N–H and O–H groups in total. The molecule has 0 aliphatic carbocycles. The molecular weight excluding hydrogens is 351 g/mol. The molecule has 2 aromatic carbocycles. The van der Waals surface area contributed by atoms with E-state index in [1.165, 1.54) is 6.07 Å². The van der Waals surface area contributed by atoms with Crippen molar-refractivity contribution in [3.8, 4) is 5.75 Å². The molecule has 0 atom stereocenters. The second-order valence-electron chi connectivity index (χ2n) is 6.31. The highest BCUT2D eigenvalue weighted by Gasteiger charge is 2.15. The van der Waals surface area contributed by atoms with Gasteiger partial charge in [-0.2, -0.15) is 0 Å². The summed E-state index contributed by atoms with van der Waals surface area (Å²) < 4.78 is 24.9. The Kier molecular flexibility index (Phi) is 5.26. The Bertz CT molecular complexity index is 1070. The Balaban J connectivity index is 1.95. The molecule has 0 aliphatic heterocycles. The van der Waals surface area contributed by atoms with E-state index in [0.717, 1.165) is 0 Å². The summed E-state index contributed by atoms with van der Waals surface area (Å²) in [5.41, 5.74) is 1.84. The first-order valence-corrected chi connectivity index (χ1v) is 8.50. The minimum absolute atomic E-state index is 0.0475. The number of carboxylic acid groups (broad SMARTS) is 1. The summed E-state index contributed by atoms with van der Waals surface area (Å²) in [7, 11) is 0. The van der Waals surface area contributed by atoms with Gasteiger partial charge in [-0.25, -0.2) is 9.18 Å². The first-order chi connectivity index (χ1) is 12.9. The first kappa shape index (κ1) is 18.6. The summed E-state index contributed by atoms with van der Waals surface area (Å²) in [6.07, 6.45) is -0.197. The van der Waals surface area contributed by atoms with Crippen LogP contribution in [-0.2, 0) is 17.8 Å². The molecule has 0 radical (unpaired) electrons. The lowest BCUT2D eigenvalue weighted by Gasteiger charge is -2.13. The van der Waals surface area contributed by atoms with Gasteiger partial charge >= 0.3 is 5.63 Å². The van der Waals surface area contributed by atoms with Gasteiger partial charge in [0.05, 0.1) is 0 Å². The summed E-state index contributed by atoms with van der Waals surface area (Å²) in [6.45, 7) is 3.55. The number of hydrogen-bond donors (Lipinski definition) is 0. The second kappa shape index (κ2) is 7.61. The zero-order chi connectivity index (χ0) is 19.6. The number of aliphatic carboxylic acids is 1. The molecule has 0 saturated carbocycles. The number of carboxylic acids is 1. The van der Waals surface area contributed by atoms with Crippen LogP contribution in [0, 0.1) is 19.7 Å². The van der Waals surface area contributed by atoms with E-state index in [2.05, 4.69) is 0 Å². The quantitative estimate of drug-likeness (QED) is 0.624. The van der Waals surface area contributed by atoms with Gasteiger partial charge < -0.3 is 19.1 Å². The van der Waals surface area contributed by atoms with Gasteiger partial charge in [0.2, 0.25) is 0 Å². The largest absolute Gasteiger partial charge is 0.550 e. The van der Waals surface area contributed by atoms with Gasteiger partial charge in [0, 0.05) is 28.0 Å². The number of hydrogen-bond acceptors (Lipinski definition) is 5. The minimum atomic E-state index is -1.22. The number of aryl methyl sites for hydroxylation is 2. The normalized spacial score (nSPS) is 10.9. The van der Waals surface area contributed by atoms with Crippen molar-refractivity contribution in [1.82, 2.24) is 0 Å². The molecule has 1 heterocycles. The third-order valence-corrected chi connectivity index (χ3v) is 4.57. The van der Waals surface area contributed by atoms with E-state index in [-0.39, 0.29) is 25.3 Å². The molecule has 0 amide bonds. The maximum absolute atomic E-state index is 13.7. The van der Waals surface area contributed by atoms with E-state index in [9.17, 15) is 19.1 Å². The predicted molar refractivity (Wildman–Crippen MR) is 96.0 cm³/mol. The third-order valence-electron chi connectivity index (χ3n) is 4.57. The van der Waals surface area contributed by atoms with Crippen molar-refractivity contribution in [2.45, 2.75) is 33.3 Å². The predicted octanol–water partition coefficient (Wildman–Crippen LogP) is 2.81. The zero-order valence-corrected chi connectivity index (χ0v) is 15.0. The number of ether oxygens (including phenoxy) is 1. The standard InChI is InChI=1S/C21H19FO5/c1-12-15-7-9-18(26-11-14-5-3-4-6-17(14)22)13(2)20(15)27-21(25)16(12)8-10-19(23)24/h3-7,9H,8,10-11H2,1-2H3,(H,23,24)/p-1. The molecule has 3 aromatic rings. The topological polar surface area (TPSA) is 79.6 Å². The van der Waals surface area contributed by atoms with Crippen molar-refractivity contribution in [2.75, 3.05) is 0 Å². The van der Waals surface area contributed by atoms with E-state index >= 15 is 0 Å². The van der Waals surface area contributed by atoms with Crippen LogP contribution in [-0.4, -0.2) is 5.97 Å². The Hall–Kier alpha value is -3.15. The van der Waals surface area contributed by atoms with Gasteiger partial charge in [-0.1, -0.05) is 18.2 Å². The number of carbonyl (C=O) groups excluding carboxylic acids is 1. The van der Waals surface area contributed by atoms with Crippen molar-refractivity contribution < 1.29 is 23.4 Å². The van der Waals surface area contributed by atoms with Crippen LogP contribution >= 0.6 is 0 Å². The lowest BCUT2D eigenvalue weighted by molar-refractivity contribution is -0.305. The number of benzene rings is 2. The molecule has 3 rings (SSSR count). The van der Waals surface area contributed by atoms with Crippen LogP contribution < -0.4 is 15.5 Å². The summed E-state index contributed by atoms with van der Waals surface area (Å²) in [5, 5.41) is 11.4. The fourth-order valence-electron chi connectivity index (χ4n) is 3.01. The Morgan fingerprint density at radius 3 is 2.59 bits per heavy atom. The monoisotopic (exact) mass is 369 g/mol. The molecule has 0 spiro atoms. The van der Waals surface area contributed by atoms with Gasteiger partial charge in [-0.15, -0.1) is 0 Å². The summed E-state index contributed by atoms with van der Waals surface area (Å²) in [5.74, 6) is -1.09. The SMILES string of the molecule is Cc1c(CCC(=O)[O-])c(=O)oc2c(C)c(OCc3ccccc3F)ccc12. The Morgan fingerprint density at radius 1 is 1.15 bits per heavy atom. The third kappa shape index (κ3) is 3.84. The van der Waals surface area contributed by atoms with Crippen LogP contribution in [0.4, 0.5) is 4.39 Å². The fraction of sp³-hybridized carbons (Fsp3) is 0.238. The molecule has 0 unspecified atom stereocenters. The van der Waals surface area contributed by atoms with Gasteiger partial charge in [-0.3, -0.25) is 0 Å². The molecule has 0 bridgehead atoms. The molecular formula is C21H18FO5-. The maximum atomic E-state index is 13.7. The van der Waals surface area contributed by atoms with E-state index in [1.807, 2.05) is 0 Å². The van der Waals surface area contributed by atoms with E-state index in [1.54, 1.807) is 44.2 Å². The van der Waals surface area contributed by atoms with Crippen LogP contribution in [0.25, 0.3) is 11.0 Å². The fourth-order valence-corrected chi connectivity index (χ4v) is 3.01. The molecule has 0 aliphatic rings. The molecule has 0 saturated heterocycles. The Labute approximate surface area is 155 Å².